The predicted molar refractivity (Wildman–Crippen MR) is 124 cm³/mol. The van der Waals surface area contributed by atoms with E-state index in [4.69, 9.17) is 11.6 Å². The first-order valence-corrected chi connectivity index (χ1v) is 11.4. The summed E-state index contributed by atoms with van der Waals surface area (Å²) in [6.45, 7) is 4.17. The first-order chi connectivity index (χ1) is 14.9. The second-order valence-electron chi connectivity index (χ2n) is 7.61. The third-order valence-electron chi connectivity index (χ3n) is 4.74. The molecule has 1 amide bonds. The van der Waals surface area contributed by atoms with E-state index < -0.39 is 0 Å². The van der Waals surface area contributed by atoms with Gasteiger partial charge in [-0.25, -0.2) is 0 Å². The number of nitrogens with zero attached hydrogens (tertiary/aromatic N) is 3. The van der Waals surface area contributed by atoms with Crippen molar-refractivity contribution in [3.05, 3.63) is 76.6 Å². The zero-order chi connectivity index (χ0) is 22.4. The molecule has 0 bridgehead atoms. The molecule has 2 aromatic carbocycles. The highest BCUT2D eigenvalue weighted by molar-refractivity contribution is 7.99. The Hall–Kier alpha value is -2.64. The Morgan fingerprint density at radius 1 is 1.06 bits per heavy atom. The predicted octanol–water partition coefficient (Wildman–Crippen LogP) is 4.96. The van der Waals surface area contributed by atoms with Crippen LogP contribution in [0.3, 0.4) is 0 Å². The van der Waals surface area contributed by atoms with E-state index in [1.165, 1.54) is 11.8 Å². The number of carbonyl (C=O) groups is 2. The van der Waals surface area contributed by atoms with Crippen LogP contribution in [0.4, 0.5) is 0 Å². The first kappa shape index (κ1) is 23.0. The van der Waals surface area contributed by atoms with Gasteiger partial charge in [-0.1, -0.05) is 79.7 Å². The number of amides is 1. The van der Waals surface area contributed by atoms with E-state index in [0.717, 1.165) is 0 Å². The van der Waals surface area contributed by atoms with E-state index in [2.05, 4.69) is 29.4 Å². The number of aromatic nitrogens is 3. The zero-order valence-corrected chi connectivity index (χ0v) is 19.3. The molecule has 6 nitrogen and oxygen atoms in total. The van der Waals surface area contributed by atoms with Crippen molar-refractivity contribution in [2.24, 2.45) is 13.0 Å². The Bertz CT molecular complexity index is 1050. The van der Waals surface area contributed by atoms with Crippen LogP contribution >= 0.6 is 23.4 Å². The van der Waals surface area contributed by atoms with E-state index in [1.54, 1.807) is 36.4 Å². The van der Waals surface area contributed by atoms with Crippen molar-refractivity contribution in [2.45, 2.75) is 31.5 Å². The molecule has 162 valence electrons. The number of rotatable bonds is 9. The van der Waals surface area contributed by atoms with Crippen LogP contribution in [0.5, 0.6) is 0 Å². The van der Waals surface area contributed by atoms with E-state index in [9.17, 15) is 9.59 Å². The molecule has 0 aliphatic carbocycles. The van der Waals surface area contributed by atoms with Gasteiger partial charge in [0.25, 0.3) is 5.91 Å². The average molecular weight is 457 g/mol. The van der Waals surface area contributed by atoms with Crippen molar-refractivity contribution in [3.8, 4) is 0 Å². The molecular formula is C23H25ClN4O2S. The maximum absolute atomic E-state index is 12.8. The van der Waals surface area contributed by atoms with Crippen LogP contribution in [0.25, 0.3) is 0 Å². The van der Waals surface area contributed by atoms with E-state index >= 15 is 0 Å². The third-order valence-corrected chi connectivity index (χ3v) is 6.09. The summed E-state index contributed by atoms with van der Waals surface area (Å²) in [4.78, 5) is 25.2. The van der Waals surface area contributed by atoms with Crippen molar-refractivity contribution in [3.63, 3.8) is 0 Å². The lowest BCUT2D eigenvalue weighted by Gasteiger charge is -2.20. The third kappa shape index (κ3) is 5.95. The van der Waals surface area contributed by atoms with Crippen LogP contribution in [-0.4, -0.2) is 32.2 Å². The molecule has 8 heteroatoms. The van der Waals surface area contributed by atoms with Gasteiger partial charge in [-0.3, -0.25) is 9.59 Å². The monoisotopic (exact) mass is 456 g/mol. The Kier molecular flexibility index (Phi) is 7.87. The Morgan fingerprint density at radius 3 is 2.42 bits per heavy atom. The van der Waals surface area contributed by atoms with Gasteiger partial charge in [0.2, 0.25) is 0 Å². The summed E-state index contributed by atoms with van der Waals surface area (Å²) in [6, 6.07) is 15.8. The fourth-order valence-corrected chi connectivity index (χ4v) is 4.21. The van der Waals surface area contributed by atoms with Crippen LogP contribution in [0.15, 0.2) is 59.8 Å². The molecule has 0 unspecified atom stereocenters. The molecule has 0 saturated heterocycles. The van der Waals surface area contributed by atoms with E-state index in [1.807, 2.05) is 29.8 Å². The average Bonchev–Trinajstić information content (AvgIpc) is 3.12. The minimum atomic E-state index is -0.333. The minimum absolute atomic E-state index is 0.0286. The molecule has 0 saturated carbocycles. The number of halogens is 1. The summed E-state index contributed by atoms with van der Waals surface area (Å²) in [6.07, 6.45) is 0.690. The van der Waals surface area contributed by atoms with Gasteiger partial charge in [-0.2, -0.15) is 0 Å². The van der Waals surface area contributed by atoms with Gasteiger partial charge in [0.15, 0.2) is 16.8 Å². The van der Waals surface area contributed by atoms with Gasteiger partial charge < -0.3 is 9.88 Å². The Labute approximate surface area is 191 Å². The molecule has 0 aliphatic heterocycles. The highest BCUT2D eigenvalue weighted by atomic mass is 35.5. The molecule has 31 heavy (non-hydrogen) atoms. The summed E-state index contributed by atoms with van der Waals surface area (Å²) in [5, 5.41) is 12.6. The van der Waals surface area contributed by atoms with Crippen molar-refractivity contribution in [1.29, 1.82) is 0 Å². The maximum Gasteiger partial charge on any atom is 0.253 e. The fourth-order valence-electron chi connectivity index (χ4n) is 3.17. The number of Topliss-reactive ketones (excluding diaryl/α,β-unsaturated/α-hetero) is 1. The number of hydrogen-bond acceptors (Lipinski definition) is 5. The van der Waals surface area contributed by atoms with Gasteiger partial charge in [-0.15, -0.1) is 10.2 Å². The quantitative estimate of drug-likeness (QED) is 0.363. The normalized spacial score (nSPS) is 12.0. The van der Waals surface area contributed by atoms with Gasteiger partial charge in [0.05, 0.1) is 22.4 Å². The highest BCUT2D eigenvalue weighted by Crippen LogP contribution is 2.25. The lowest BCUT2D eigenvalue weighted by atomic mass is 10.0. The first-order valence-electron chi connectivity index (χ1n) is 10.0. The zero-order valence-electron chi connectivity index (χ0n) is 17.7. The molecule has 3 aromatic rings. The number of hydrogen-bond donors (Lipinski definition) is 1. The summed E-state index contributed by atoms with van der Waals surface area (Å²) >= 11 is 7.51. The fraction of sp³-hybridized carbons (Fsp3) is 0.304. The Morgan fingerprint density at radius 2 is 1.74 bits per heavy atom. The van der Waals surface area contributed by atoms with Crippen LogP contribution in [0.1, 0.15) is 52.9 Å². The molecule has 0 aliphatic rings. The van der Waals surface area contributed by atoms with Crippen LogP contribution in [0, 0.1) is 5.92 Å². The molecule has 0 fully saturated rings. The maximum atomic E-state index is 12.8. The SMILES string of the molecule is CC(C)C[C@@H](NC(=O)c1ccccc1Cl)c1nnc(SCC(=O)c2ccccc2)n1C. The number of thioether (sulfide) groups is 1. The van der Waals surface area contributed by atoms with Crippen LogP contribution in [0.2, 0.25) is 5.02 Å². The smallest absolute Gasteiger partial charge is 0.253 e. The van der Waals surface area contributed by atoms with Crippen LogP contribution < -0.4 is 5.32 Å². The second-order valence-corrected chi connectivity index (χ2v) is 8.96. The van der Waals surface area contributed by atoms with Gasteiger partial charge in [0.1, 0.15) is 0 Å². The number of ketones is 1. The standard InChI is InChI=1S/C23H25ClN4O2S/c1-15(2)13-19(25-22(30)17-11-7-8-12-18(17)24)21-26-27-23(28(21)3)31-14-20(29)16-9-5-4-6-10-16/h4-12,15,19H,13-14H2,1-3H3,(H,25,30)/t19-/m1/s1. The van der Waals surface area contributed by atoms with Gasteiger partial charge in [0, 0.05) is 12.6 Å². The topological polar surface area (TPSA) is 76.9 Å². The van der Waals surface area contributed by atoms with Crippen molar-refractivity contribution in [2.75, 3.05) is 5.75 Å². The molecule has 0 radical (unpaired) electrons. The van der Waals surface area contributed by atoms with Crippen LogP contribution in [-0.2, 0) is 7.05 Å². The minimum Gasteiger partial charge on any atom is -0.342 e. The molecule has 1 aromatic heterocycles. The summed E-state index contributed by atoms with van der Waals surface area (Å²) < 4.78 is 1.84. The number of carbonyl (C=O) groups excluding carboxylic acids is 2. The van der Waals surface area contributed by atoms with E-state index in [0.29, 0.717) is 39.5 Å². The molecule has 1 N–H and O–H groups in total. The summed E-state index contributed by atoms with van der Waals surface area (Å²) in [5.74, 6) is 0.998. The molecule has 1 atom stereocenters. The van der Waals surface area contributed by atoms with E-state index in [-0.39, 0.29) is 23.5 Å². The van der Waals surface area contributed by atoms with Crippen molar-refractivity contribution in [1.82, 2.24) is 20.1 Å². The summed E-state index contributed by atoms with van der Waals surface area (Å²) in [7, 11) is 1.85. The van der Waals surface area contributed by atoms with Gasteiger partial charge >= 0.3 is 0 Å². The summed E-state index contributed by atoms with van der Waals surface area (Å²) in [5.41, 5.74) is 1.09. The van der Waals surface area contributed by atoms with Crippen molar-refractivity contribution >= 4 is 35.1 Å². The Balaban J connectivity index is 1.75. The molecule has 1 heterocycles. The number of benzene rings is 2. The second kappa shape index (κ2) is 10.6. The molecular weight excluding hydrogens is 432 g/mol. The largest absolute Gasteiger partial charge is 0.342 e. The lowest BCUT2D eigenvalue weighted by Crippen LogP contribution is -2.31. The molecule has 3 rings (SSSR count). The number of nitrogens with one attached hydrogen (secondary N) is 1. The lowest BCUT2D eigenvalue weighted by molar-refractivity contribution is 0.0928. The molecule has 0 spiro atoms. The van der Waals surface area contributed by atoms with Crippen molar-refractivity contribution < 1.29 is 9.59 Å². The van der Waals surface area contributed by atoms with Gasteiger partial charge in [-0.05, 0) is 24.5 Å². The highest BCUT2D eigenvalue weighted by Gasteiger charge is 2.24.